The summed E-state index contributed by atoms with van der Waals surface area (Å²) in [6, 6.07) is 5.51. The summed E-state index contributed by atoms with van der Waals surface area (Å²) in [7, 11) is -3.07. The van der Waals surface area contributed by atoms with Crippen LogP contribution in [-0.2, 0) is 9.84 Å². The highest BCUT2D eigenvalue weighted by Crippen LogP contribution is 2.42. The quantitative estimate of drug-likeness (QED) is 0.785. The van der Waals surface area contributed by atoms with Crippen molar-refractivity contribution in [2.75, 3.05) is 0 Å². The monoisotopic (exact) mass is 307 g/mol. The molecule has 1 aromatic carbocycles. The lowest BCUT2D eigenvalue weighted by atomic mass is 9.90. The smallest absolute Gasteiger partial charge is 0.166 e. The molecule has 3 rings (SSSR count). The van der Waals surface area contributed by atoms with Crippen molar-refractivity contribution >= 4 is 15.6 Å². The Morgan fingerprint density at radius 3 is 2.38 bits per heavy atom. The third-order valence-corrected chi connectivity index (χ3v) is 7.29. The molecule has 110 valence electrons. The Hall–Kier alpha value is -1.74. The van der Waals surface area contributed by atoms with E-state index in [2.05, 4.69) is 0 Å². The molecule has 4 nitrogen and oxygen atoms in total. The number of carbonyl (C=O) groups is 1. The van der Waals surface area contributed by atoms with Crippen molar-refractivity contribution in [3.8, 4) is 6.07 Å². The van der Waals surface area contributed by atoms with Crippen molar-refractivity contribution in [1.82, 2.24) is 0 Å². The van der Waals surface area contributed by atoms with Crippen LogP contribution in [0.15, 0.2) is 18.2 Å². The van der Waals surface area contributed by atoms with Crippen LogP contribution in [0.3, 0.4) is 0 Å². The molecule has 0 N–H and O–H groups in total. The summed E-state index contributed by atoms with van der Waals surface area (Å²) in [5.41, 5.74) is 0.119. The number of carbonyl (C=O) groups excluding carboxylic acids is 1. The van der Waals surface area contributed by atoms with Crippen LogP contribution in [0.5, 0.6) is 0 Å². The summed E-state index contributed by atoms with van der Waals surface area (Å²) in [6.45, 7) is 0. The lowest BCUT2D eigenvalue weighted by Gasteiger charge is -2.27. The topological polar surface area (TPSA) is 75.0 Å². The fourth-order valence-electron chi connectivity index (χ4n) is 3.42. The fourth-order valence-corrected chi connectivity index (χ4v) is 5.89. The Kier molecular flexibility index (Phi) is 3.33. The van der Waals surface area contributed by atoms with E-state index in [4.69, 9.17) is 5.26 Å². The van der Waals surface area contributed by atoms with Gasteiger partial charge in [0.2, 0.25) is 0 Å². The van der Waals surface area contributed by atoms with Crippen LogP contribution < -0.4 is 0 Å². The number of hydrogen-bond donors (Lipinski definition) is 0. The van der Waals surface area contributed by atoms with Gasteiger partial charge in [-0.2, -0.15) is 5.26 Å². The van der Waals surface area contributed by atoms with Gasteiger partial charge in [-0.25, -0.2) is 12.8 Å². The second-order valence-electron chi connectivity index (χ2n) is 5.75. The molecule has 0 saturated carbocycles. The van der Waals surface area contributed by atoms with Crippen LogP contribution in [0.1, 0.15) is 41.6 Å². The summed E-state index contributed by atoms with van der Waals surface area (Å²) in [4.78, 5) is 12.4. The van der Waals surface area contributed by atoms with Crippen LogP contribution >= 0.6 is 0 Å². The second kappa shape index (κ2) is 4.92. The van der Waals surface area contributed by atoms with E-state index in [1.165, 1.54) is 12.1 Å². The van der Waals surface area contributed by atoms with Gasteiger partial charge in [-0.05, 0) is 43.9 Å². The molecular formula is C15H14FNO3S. The van der Waals surface area contributed by atoms with E-state index in [9.17, 15) is 17.6 Å². The summed E-state index contributed by atoms with van der Waals surface area (Å²) < 4.78 is 37.6. The van der Waals surface area contributed by atoms with Gasteiger partial charge >= 0.3 is 0 Å². The van der Waals surface area contributed by atoms with Gasteiger partial charge in [-0.3, -0.25) is 4.79 Å². The number of halogens is 1. The molecule has 2 heterocycles. The normalized spacial score (nSPS) is 29.8. The van der Waals surface area contributed by atoms with Crippen LogP contribution in [0.25, 0.3) is 0 Å². The third-order valence-electron chi connectivity index (χ3n) is 4.58. The maximum atomic E-state index is 13.6. The molecule has 0 amide bonds. The molecule has 2 saturated heterocycles. The molecule has 6 heteroatoms. The molecule has 2 bridgehead atoms. The first-order chi connectivity index (χ1) is 9.93. The molecule has 0 spiro atoms. The van der Waals surface area contributed by atoms with Gasteiger partial charge in [-0.1, -0.05) is 0 Å². The lowest BCUT2D eigenvalue weighted by Crippen LogP contribution is -2.36. The number of fused-ring (bicyclic) bond motifs is 2. The van der Waals surface area contributed by atoms with Crippen molar-refractivity contribution in [1.29, 1.82) is 5.26 Å². The van der Waals surface area contributed by atoms with E-state index in [-0.39, 0.29) is 22.8 Å². The largest absolute Gasteiger partial charge is 0.294 e. The number of nitriles is 1. The predicted molar refractivity (Wildman–Crippen MR) is 73.9 cm³/mol. The van der Waals surface area contributed by atoms with Crippen LogP contribution in [0.2, 0.25) is 0 Å². The Morgan fingerprint density at radius 1 is 1.24 bits per heavy atom. The molecule has 2 unspecified atom stereocenters. The first-order valence-corrected chi connectivity index (χ1v) is 8.51. The fraction of sp³-hybridized carbons (Fsp3) is 0.467. The highest BCUT2D eigenvalue weighted by molar-refractivity contribution is 7.93. The number of Topliss-reactive ketones (excluding diaryl/α,β-unsaturated/α-hetero) is 1. The van der Waals surface area contributed by atoms with Gasteiger partial charge in [0.05, 0.1) is 16.1 Å². The van der Waals surface area contributed by atoms with Crippen molar-refractivity contribution in [3.63, 3.8) is 0 Å². The Morgan fingerprint density at radius 2 is 1.86 bits per heavy atom. The van der Waals surface area contributed by atoms with Gasteiger partial charge in [-0.15, -0.1) is 0 Å². The standard InChI is InChI=1S/C15H14FNO3S/c16-14-7-9(1-2-10(14)8-17)15(18)11-5-12-3-4-13(6-11)21(12,19)20/h1-2,7,11-13H,3-6H2. The molecular weight excluding hydrogens is 293 g/mol. The number of ketones is 1. The Bertz CT molecular complexity index is 731. The lowest BCUT2D eigenvalue weighted by molar-refractivity contribution is 0.0905. The zero-order chi connectivity index (χ0) is 15.2. The van der Waals surface area contributed by atoms with E-state index < -0.39 is 26.2 Å². The average molecular weight is 307 g/mol. The minimum absolute atomic E-state index is 0.0992. The van der Waals surface area contributed by atoms with E-state index in [0.29, 0.717) is 25.7 Å². The average Bonchev–Trinajstić information content (AvgIpc) is 2.66. The van der Waals surface area contributed by atoms with E-state index >= 15 is 0 Å². The highest BCUT2D eigenvalue weighted by atomic mass is 32.2. The summed E-state index contributed by atoms with van der Waals surface area (Å²) in [6.07, 6.45) is 1.91. The summed E-state index contributed by atoms with van der Waals surface area (Å²) >= 11 is 0. The molecule has 0 aliphatic carbocycles. The number of sulfone groups is 1. The van der Waals surface area contributed by atoms with Crippen molar-refractivity contribution < 1.29 is 17.6 Å². The Balaban J connectivity index is 1.85. The minimum Gasteiger partial charge on any atom is -0.294 e. The van der Waals surface area contributed by atoms with Gasteiger partial charge in [0.15, 0.2) is 15.6 Å². The first kappa shape index (κ1) is 14.2. The molecule has 0 radical (unpaired) electrons. The molecule has 1 aromatic rings. The molecule has 2 fully saturated rings. The van der Waals surface area contributed by atoms with E-state index in [1.807, 2.05) is 0 Å². The number of rotatable bonds is 2. The molecule has 2 aliphatic rings. The number of benzene rings is 1. The van der Waals surface area contributed by atoms with Crippen LogP contribution in [0.4, 0.5) is 4.39 Å². The summed E-state index contributed by atoms with van der Waals surface area (Å²) in [5, 5.41) is 7.84. The number of hydrogen-bond acceptors (Lipinski definition) is 4. The van der Waals surface area contributed by atoms with Crippen LogP contribution in [0, 0.1) is 23.1 Å². The third kappa shape index (κ3) is 2.26. The van der Waals surface area contributed by atoms with Crippen molar-refractivity contribution in [2.45, 2.75) is 36.2 Å². The van der Waals surface area contributed by atoms with Gasteiger partial charge in [0.25, 0.3) is 0 Å². The zero-order valence-electron chi connectivity index (χ0n) is 11.3. The van der Waals surface area contributed by atoms with Gasteiger partial charge in [0.1, 0.15) is 11.9 Å². The second-order valence-corrected chi connectivity index (χ2v) is 8.26. The minimum atomic E-state index is -3.07. The SMILES string of the molecule is N#Cc1ccc(C(=O)C2CC3CCC(C2)S3(=O)=O)cc1F. The number of nitrogens with zero attached hydrogens (tertiary/aromatic N) is 1. The molecule has 0 aromatic heterocycles. The van der Waals surface area contributed by atoms with Crippen molar-refractivity contribution in [3.05, 3.63) is 35.1 Å². The van der Waals surface area contributed by atoms with Crippen LogP contribution in [-0.4, -0.2) is 24.7 Å². The first-order valence-electron chi connectivity index (χ1n) is 6.90. The zero-order valence-corrected chi connectivity index (χ0v) is 12.1. The highest BCUT2D eigenvalue weighted by Gasteiger charge is 2.48. The van der Waals surface area contributed by atoms with Gasteiger partial charge < -0.3 is 0 Å². The molecule has 2 aliphatic heterocycles. The Labute approximate surface area is 122 Å². The maximum Gasteiger partial charge on any atom is 0.166 e. The molecule has 2 atom stereocenters. The summed E-state index contributed by atoms with van der Waals surface area (Å²) in [5.74, 6) is -1.29. The predicted octanol–water partition coefficient (Wildman–Crippen LogP) is 2.24. The maximum absolute atomic E-state index is 13.6. The van der Waals surface area contributed by atoms with Gasteiger partial charge in [0, 0.05) is 11.5 Å². The van der Waals surface area contributed by atoms with E-state index in [1.54, 1.807) is 6.07 Å². The van der Waals surface area contributed by atoms with Crippen molar-refractivity contribution in [2.24, 2.45) is 5.92 Å². The van der Waals surface area contributed by atoms with E-state index in [0.717, 1.165) is 6.07 Å². The molecule has 21 heavy (non-hydrogen) atoms.